The summed E-state index contributed by atoms with van der Waals surface area (Å²) in [4.78, 5) is 12.1. The summed E-state index contributed by atoms with van der Waals surface area (Å²) in [5.41, 5.74) is 7.95. The van der Waals surface area contributed by atoms with Gasteiger partial charge in [-0.15, -0.1) is 0 Å². The van der Waals surface area contributed by atoms with Crippen molar-refractivity contribution < 1.29 is 4.79 Å². The van der Waals surface area contributed by atoms with Crippen molar-refractivity contribution in [3.05, 3.63) is 69.2 Å². The molecule has 2 rings (SSSR count). The molecule has 0 saturated heterocycles. The topological polar surface area (TPSA) is 43.1 Å². The van der Waals surface area contributed by atoms with Gasteiger partial charge < -0.3 is 5.73 Å². The van der Waals surface area contributed by atoms with Gasteiger partial charge in [-0.25, -0.2) is 0 Å². The van der Waals surface area contributed by atoms with Gasteiger partial charge in [-0.3, -0.25) is 4.79 Å². The number of halogens is 2. The lowest BCUT2D eigenvalue weighted by atomic mass is 10.0. The molecule has 19 heavy (non-hydrogen) atoms. The number of ketones is 1. The Bertz CT molecular complexity index is 594. The van der Waals surface area contributed by atoms with Crippen LogP contribution in [0.2, 0.25) is 10.0 Å². The molecule has 2 nitrogen and oxygen atoms in total. The maximum atomic E-state index is 12.1. The molecular formula is C15H13Cl2NO. The van der Waals surface area contributed by atoms with Gasteiger partial charge in [0, 0.05) is 28.6 Å². The number of hydrogen-bond donors (Lipinski definition) is 1. The standard InChI is InChI=1S/C15H13Cl2NO/c16-13-6-5-12(14(17)8-13)7-15(19)11-3-1-10(9-18)2-4-11/h1-6,8H,7,9,18H2. The average molecular weight is 294 g/mol. The number of hydrogen-bond acceptors (Lipinski definition) is 2. The van der Waals surface area contributed by atoms with E-state index in [0.29, 0.717) is 22.2 Å². The minimum Gasteiger partial charge on any atom is -0.326 e. The summed E-state index contributed by atoms with van der Waals surface area (Å²) < 4.78 is 0. The number of Topliss-reactive ketones (excluding diaryl/α,β-unsaturated/α-hetero) is 1. The molecule has 0 amide bonds. The molecule has 4 heteroatoms. The van der Waals surface area contributed by atoms with E-state index >= 15 is 0 Å². The number of benzene rings is 2. The second-order valence-corrected chi connectivity index (χ2v) is 5.08. The van der Waals surface area contributed by atoms with Gasteiger partial charge in [-0.2, -0.15) is 0 Å². The third-order valence-electron chi connectivity index (χ3n) is 2.88. The van der Waals surface area contributed by atoms with Gasteiger partial charge in [-0.1, -0.05) is 53.5 Å². The van der Waals surface area contributed by atoms with E-state index in [1.807, 2.05) is 12.1 Å². The Morgan fingerprint density at radius 2 is 1.74 bits per heavy atom. The summed E-state index contributed by atoms with van der Waals surface area (Å²) >= 11 is 11.9. The molecule has 0 aliphatic carbocycles. The van der Waals surface area contributed by atoms with Crippen molar-refractivity contribution in [3.8, 4) is 0 Å². The quantitative estimate of drug-likeness (QED) is 0.870. The molecule has 2 aromatic carbocycles. The molecule has 0 bridgehead atoms. The second kappa shape index (κ2) is 6.20. The molecular weight excluding hydrogens is 281 g/mol. The van der Waals surface area contributed by atoms with Crippen LogP contribution in [0.1, 0.15) is 21.5 Å². The lowest BCUT2D eigenvalue weighted by Crippen LogP contribution is -2.05. The Morgan fingerprint density at radius 3 is 2.32 bits per heavy atom. The lowest BCUT2D eigenvalue weighted by Gasteiger charge is -2.05. The predicted molar refractivity (Wildman–Crippen MR) is 78.8 cm³/mol. The van der Waals surface area contributed by atoms with Crippen LogP contribution in [-0.4, -0.2) is 5.78 Å². The average Bonchev–Trinajstić information content (AvgIpc) is 2.42. The molecule has 0 unspecified atom stereocenters. The Balaban J connectivity index is 2.15. The Morgan fingerprint density at radius 1 is 1.05 bits per heavy atom. The first-order chi connectivity index (χ1) is 9.10. The number of rotatable bonds is 4. The first-order valence-electron chi connectivity index (χ1n) is 5.86. The molecule has 0 saturated carbocycles. The van der Waals surface area contributed by atoms with Gasteiger partial charge >= 0.3 is 0 Å². The minimum atomic E-state index is 0.0211. The monoisotopic (exact) mass is 293 g/mol. The molecule has 0 spiro atoms. The Kier molecular flexibility index (Phi) is 4.59. The largest absolute Gasteiger partial charge is 0.326 e. The van der Waals surface area contributed by atoms with Crippen LogP contribution in [0.3, 0.4) is 0 Å². The molecule has 0 fully saturated rings. The molecule has 0 aliphatic rings. The first kappa shape index (κ1) is 14.1. The zero-order chi connectivity index (χ0) is 13.8. The van der Waals surface area contributed by atoms with Crippen molar-refractivity contribution >= 4 is 29.0 Å². The van der Waals surface area contributed by atoms with E-state index in [0.717, 1.165) is 11.1 Å². The minimum absolute atomic E-state index is 0.0211. The summed E-state index contributed by atoms with van der Waals surface area (Å²) in [7, 11) is 0. The second-order valence-electron chi connectivity index (χ2n) is 4.24. The van der Waals surface area contributed by atoms with Gasteiger partial charge in [0.2, 0.25) is 0 Å². The zero-order valence-electron chi connectivity index (χ0n) is 10.2. The summed E-state index contributed by atoms with van der Waals surface area (Å²) in [6.45, 7) is 0.470. The van der Waals surface area contributed by atoms with Gasteiger partial charge in [0.25, 0.3) is 0 Å². The molecule has 2 aromatic rings. The van der Waals surface area contributed by atoms with Crippen LogP contribution in [0, 0.1) is 0 Å². The third kappa shape index (κ3) is 3.57. The van der Waals surface area contributed by atoms with E-state index in [1.165, 1.54) is 0 Å². The zero-order valence-corrected chi connectivity index (χ0v) is 11.7. The highest BCUT2D eigenvalue weighted by atomic mass is 35.5. The molecule has 2 N–H and O–H groups in total. The predicted octanol–water partition coefficient (Wildman–Crippen LogP) is 3.88. The van der Waals surface area contributed by atoms with E-state index < -0.39 is 0 Å². The van der Waals surface area contributed by atoms with E-state index in [4.69, 9.17) is 28.9 Å². The maximum Gasteiger partial charge on any atom is 0.167 e. The summed E-state index contributed by atoms with van der Waals surface area (Å²) in [5, 5.41) is 1.08. The molecule has 0 aliphatic heterocycles. The van der Waals surface area contributed by atoms with E-state index in [1.54, 1.807) is 30.3 Å². The van der Waals surface area contributed by atoms with Gasteiger partial charge in [0.15, 0.2) is 5.78 Å². The fraction of sp³-hybridized carbons (Fsp3) is 0.133. The normalized spacial score (nSPS) is 10.5. The third-order valence-corrected chi connectivity index (χ3v) is 3.46. The summed E-state index contributed by atoms with van der Waals surface area (Å²) in [6, 6.07) is 12.4. The van der Waals surface area contributed by atoms with Crippen molar-refractivity contribution in [2.24, 2.45) is 5.73 Å². The lowest BCUT2D eigenvalue weighted by molar-refractivity contribution is 0.0993. The van der Waals surface area contributed by atoms with Gasteiger partial charge in [0.1, 0.15) is 0 Å². The molecule has 98 valence electrons. The SMILES string of the molecule is NCc1ccc(C(=O)Cc2ccc(Cl)cc2Cl)cc1. The van der Waals surface area contributed by atoms with Crippen LogP contribution in [0.5, 0.6) is 0 Å². The van der Waals surface area contributed by atoms with E-state index in [2.05, 4.69) is 0 Å². The molecule has 0 atom stereocenters. The van der Waals surface area contributed by atoms with Crippen molar-refractivity contribution in [3.63, 3.8) is 0 Å². The number of carbonyl (C=O) groups excluding carboxylic acids is 1. The first-order valence-corrected chi connectivity index (χ1v) is 6.62. The summed E-state index contributed by atoms with van der Waals surface area (Å²) in [5.74, 6) is 0.0211. The van der Waals surface area contributed by atoms with Crippen molar-refractivity contribution in [1.82, 2.24) is 0 Å². The number of nitrogens with two attached hydrogens (primary N) is 1. The molecule has 0 aromatic heterocycles. The van der Waals surface area contributed by atoms with Gasteiger partial charge in [-0.05, 0) is 23.3 Å². The number of carbonyl (C=O) groups is 1. The van der Waals surface area contributed by atoms with Crippen LogP contribution in [0.4, 0.5) is 0 Å². The van der Waals surface area contributed by atoms with Crippen molar-refractivity contribution in [1.29, 1.82) is 0 Å². The fourth-order valence-corrected chi connectivity index (χ4v) is 2.24. The fourth-order valence-electron chi connectivity index (χ4n) is 1.77. The van der Waals surface area contributed by atoms with Crippen LogP contribution in [0.15, 0.2) is 42.5 Å². The maximum absolute atomic E-state index is 12.1. The Hall–Kier alpha value is -1.35. The van der Waals surface area contributed by atoms with Crippen LogP contribution >= 0.6 is 23.2 Å². The van der Waals surface area contributed by atoms with Crippen molar-refractivity contribution in [2.75, 3.05) is 0 Å². The smallest absolute Gasteiger partial charge is 0.167 e. The van der Waals surface area contributed by atoms with Crippen LogP contribution in [-0.2, 0) is 13.0 Å². The highest BCUT2D eigenvalue weighted by Crippen LogP contribution is 2.22. The van der Waals surface area contributed by atoms with E-state index in [9.17, 15) is 4.79 Å². The summed E-state index contributed by atoms with van der Waals surface area (Å²) in [6.07, 6.45) is 0.262. The van der Waals surface area contributed by atoms with Crippen LogP contribution < -0.4 is 5.73 Å². The van der Waals surface area contributed by atoms with E-state index in [-0.39, 0.29) is 12.2 Å². The van der Waals surface area contributed by atoms with Gasteiger partial charge in [0.05, 0.1) is 0 Å². The van der Waals surface area contributed by atoms with Crippen LogP contribution in [0.25, 0.3) is 0 Å². The molecule has 0 radical (unpaired) electrons. The highest BCUT2D eigenvalue weighted by Gasteiger charge is 2.10. The van der Waals surface area contributed by atoms with Crippen molar-refractivity contribution in [2.45, 2.75) is 13.0 Å². The Labute approximate surface area is 122 Å². The highest BCUT2D eigenvalue weighted by molar-refractivity contribution is 6.35. The molecule has 0 heterocycles.